The number of methoxy groups -OCH3 is 1. The average Bonchev–Trinajstić information content (AvgIpc) is 3.02. The molecule has 0 amide bonds. The fraction of sp³-hybridized carbons (Fsp3) is 0.385. The van der Waals surface area contributed by atoms with E-state index in [1.807, 2.05) is 12.1 Å². The van der Waals surface area contributed by atoms with Crippen LogP contribution >= 0.6 is 23.7 Å². The molecule has 1 saturated heterocycles. The zero-order chi connectivity index (χ0) is 13.1. The van der Waals surface area contributed by atoms with Crippen molar-refractivity contribution in [3.8, 4) is 5.75 Å². The molecule has 20 heavy (non-hydrogen) atoms. The lowest BCUT2D eigenvalue weighted by atomic mass is 10.2. The molecule has 108 valence electrons. The van der Waals surface area contributed by atoms with E-state index < -0.39 is 0 Å². The fourth-order valence-electron chi connectivity index (χ4n) is 2.33. The highest BCUT2D eigenvalue weighted by atomic mass is 35.5. The monoisotopic (exact) mass is 312 g/mol. The molecule has 0 bridgehead atoms. The van der Waals surface area contributed by atoms with Crippen LogP contribution < -0.4 is 14.5 Å². The van der Waals surface area contributed by atoms with Crippen LogP contribution in [-0.4, -0.2) is 43.5 Å². The van der Waals surface area contributed by atoms with E-state index in [0.717, 1.165) is 37.1 Å². The van der Waals surface area contributed by atoms with Crippen molar-refractivity contribution < 1.29 is 4.74 Å². The van der Waals surface area contributed by atoms with E-state index in [1.165, 1.54) is 5.69 Å². The van der Waals surface area contributed by atoms with Crippen LogP contribution in [0.4, 0.5) is 10.8 Å². The molecule has 0 spiro atoms. The van der Waals surface area contributed by atoms with Gasteiger partial charge in [0.15, 0.2) is 0 Å². The van der Waals surface area contributed by atoms with Crippen molar-refractivity contribution in [1.29, 1.82) is 0 Å². The van der Waals surface area contributed by atoms with Crippen molar-refractivity contribution in [2.45, 2.75) is 0 Å². The van der Waals surface area contributed by atoms with Crippen LogP contribution in [-0.2, 0) is 0 Å². The Morgan fingerprint density at radius 2 is 1.80 bits per heavy atom. The molecular formula is C13H17ClN4OS. The number of hydrogen-bond donors (Lipinski definition) is 0. The van der Waals surface area contributed by atoms with Gasteiger partial charge in [-0.1, -0.05) is 23.5 Å². The van der Waals surface area contributed by atoms with Gasteiger partial charge in [-0.25, -0.2) is 0 Å². The summed E-state index contributed by atoms with van der Waals surface area (Å²) < 4.78 is 5.42. The number of benzene rings is 1. The van der Waals surface area contributed by atoms with Crippen molar-refractivity contribution in [1.82, 2.24) is 10.2 Å². The Morgan fingerprint density at radius 1 is 1.10 bits per heavy atom. The molecule has 7 heteroatoms. The number of halogens is 1. The van der Waals surface area contributed by atoms with Crippen LogP contribution in [0.5, 0.6) is 5.75 Å². The van der Waals surface area contributed by atoms with Crippen molar-refractivity contribution >= 4 is 34.6 Å². The highest BCUT2D eigenvalue weighted by molar-refractivity contribution is 7.13. The highest BCUT2D eigenvalue weighted by Gasteiger charge is 2.20. The molecule has 0 radical (unpaired) electrons. The number of nitrogens with zero attached hydrogens (tertiary/aromatic N) is 4. The number of ether oxygens (including phenoxy) is 1. The molecule has 3 rings (SSSR count). The second-order valence-corrected chi connectivity index (χ2v) is 5.18. The van der Waals surface area contributed by atoms with Crippen LogP contribution in [0.15, 0.2) is 29.8 Å². The first-order valence-corrected chi connectivity index (χ1v) is 7.15. The SMILES string of the molecule is COc1ccccc1N1CCN(c2nncs2)CC1.Cl. The van der Waals surface area contributed by atoms with Gasteiger partial charge in [-0.15, -0.1) is 22.6 Å². The van der Waals surface area contributed by atoms with Crippen molar-refractivity contribution in [2.24, 2.45) is 0 Å². The van der Waals surface area contributed by atoms with Crippen molar-refractivity contribution in [3.05, 3.63) is 29.8 Å². The maximum Gasteiger partial charge on any atom is 0.208 e. The average molecular weight is 313 g/mol. The quantitative estimate of drug-likeness (QED) is 0.870. The molecule has 2 aromatic rings. The van der Waals surface area contributed by atoms with E-state index in [4.69, 9.17) is 4.74 Å². The van der Waals surface area contributed by atoms with Crippen LogP contribution in [0.3, 0.4) is 0 Å². The van der Waals surface area contributed by atoms with E-state index in [-0.39, 0.29) is 12.4 Å². The minimum Gasteiger partial charge on any atom is -0.495 e. The molecule has 5 nitrogen and oxygen atoms in total. The number of anilines is 2. The summed E-state index contributed by atoms with van der Waals surface area (Å²) in [5.41, 5.74) is 2.95. The minimum absolute atomic E-state index is 0. The lowest BCUT2D eigenvalue weighted by Crippen LogP contribution is -2.46. The summed E-state index contributed by atoms with van der Waals surface area (Å²) in [4.78, 5) is 4.64. The van der Waals surface area contributed by atoms with E-state index >= 15 is 0 Å². The largest absolute Gasteiger partial charge is 0.495 e. The lowest BCUT2D eigenvalue weighted by Gasteiger charge is -2.36. The summed E-state index contributed by atoms with van der Waals surface area (Å²) in [6, 6.07) is 8.17. The maximum atomic E-state index is 5.42. The molecule has 1 fully saturated rings. The predicted octanol–water partition coefficient (Wildman–Crippen LogP) is 2.30. The summed E-state index contributed by atoms with van der Waals surface area (Å²) in [6.07, 6.45) is 0. The lowest BCUT2D eigenvalue weighted by molar-refractivity contribution is 0.413. The third kappa shape index (κ3) is 2.96. The van der Waals surface area contributed by atoms with Gasteiger partial charge in [0.1, 0.15) is 11.3 Å². The normalized spacial score (nSPS) is 14.8. The standard InChI is InChI=1S/C13H16N4OS.ClH/c1-18-12-5-3-2-4-11(12)16-6-8-17(9-7-16)13-15-14-10-19-13;/h2-5,10H,6-9H2,1H3;1H. The summed E-state index contributed by atoms with van der Waals surface area (Å²) in [7, 11) is 1.72. The summed E-state index contributed by atoms with van der Waals surface area (Å²) in [5.74, 6) is 0.937. The van der Waals surface area contributed by atoms with E-state index in [2.05, 4.69) is 32.1 Å². The fourth-order valence-corrected chi connectivity index (χ4v) is 2.95. The van der Waals surface area contributed by atoms with Crippen LogP contribution in [0.1, 0.15) is 0 Å². The van der Waals surface area contributed by atoms with Crippen LogP contribution in [0, 0.1) is 0 Å². The molecule has 2 heterocycles. The molecule has 1 aliphatic rings. The number of aromatic nitrogens is 2. The van der Waals surface area contributed by atoms with Gasteiger partial charge in [0.05, 0.1) is 12.8 Å². The Balaban J connectivity index is 0.00000147. The first-order chi connectivity index (χ1) is 9.38. The maximum absolute atomic E-state index is 5.42. The molecule has 1 aromatic carbocycles. The zero-order valence-corrected chi connectivity index (χ0v) is 12.9. The Hall–Kier alpha value is -1.53. The van der Waals surface area contributed by atoms with Gasteiger partial charge in [-0.3, -0.25) is 0 Å². The van der Waals surface area contributed by atoms with Crippen molar-refractivity contribution in [2.75, 3.05) is 43.1 Å². The van der Waals surface area contributed by atoms with Gasteiger partial charge in [-0.2, -0.15) is 0 Å². The Morgan fingerprint density at radius 3 is 2.45 bits per heavy atom. The van der Waals surface area contributed by atoms with Crippen molar-refractivity contribution in [3.63, 3.8) is 0 Å². The molecule has 0 atom stereocenters. The molecule has 0 aliphatic carbocycles. The second kappa shape index (κ2) is 6.76. The van der Waals surface area contributed by atoms with E-state index in [0.29, 0.717) is 0 Å². The topological polar surface area (TPSA) is 41.5 Å². The third-order valence-electron chi connectivity index (χ3n) is 3.32. The van der Waals surface area contributed by atoms with Gasteiger partial charge in [0.2, 0.25) is 5.13 Å². The molecule has 1 aliphatic heterocycles. The Labute approximate surface area is 128 Å². The Kier molecular flexibility index (Phi) is 5.03. The first-order valence-electron chi connectivity index (χ1n) is 6.27. The van der Waals surface area contributed by atoms with E-state index in [1.54, 1.807) is 24.0 Å². The highest BCUT2D eigenvalue weighted by Crippen LogP contribution is 2.29. The molecular weight excluding hydrogens is 296 g/mol. The summed E-state index contributed by atoms with van der Waals surface area (Å²) >= 11 is 1.59. The molecule has 0 unspecified atom stereocenters. The van der Waals surface area contributed by atoms with Gasteiger partial charge in [0, 0.05) is 26.2 Å². The van der Waals surface area contributed by atoms with Gasteiger partial charge in [-0.05, 0) is 12.1 Å². The van der Waals surface area contributed by atoms with Gasteiger partial charge >= 0.3 is 0 Å². The number of piperazine rings is 1. The third-order valence-corrected chi connectivity index (χ3v) is 4.07. The zero-order valence-electron chi connectivity index (χ0n) is 11.2. The number of para-hydroxylation sites is 2. The molecule has 0 saturated carbocycles. The Bertz CT molecular complexity index is 529. The minimum atomic E-state index is 0. The number of hydrogen-bond acceptors (Lipinski definition) is 6. The molecule has 0 N–H and O–H groups in total. The van der Waals surface area contributed by atoms with Crippen LogP contribution in [0.2, 0.25) is 0 Å². The predicted molar refractivity (Wildman–Crippen MR) is 84.6 cm³/mol. The van der Waals surface area contributed by atoms with Gasteiger partial charge in [0.25, 0.3) is 0 Å². The number of rotatable bonds is 3. The van der Waals surface area contributed by atoms with Crippen LogP contribution in [0.25, 0.3) is 0 Å². The van der Waals surface area contributed by atoms with E-state index in [9.17, 15) is 0 Å². The molecule has 1 aromatic heterocycles. The smallest absolute Gasteiger partial charge is 0.208 e. The summed E-state index contributed by atoms with van der Waals surface area (Å²) in [6.45, 7) is 3.88. The second-order valence-electron chi connectivity index (χ2n) is 4.37. The summed E-state index contributed by atoms with van der Waals surface area (Å²) in [5, 5.41) is 9.03. The van der Waals surface area contributed by atoms with Gasteiger partial charge < -0.3 is 14.5 Å². The first kappa shape index (κ1) is 14.9.